The van der Waals surface area contributed by atoms with Crippen LogP contribution in [0.1, 0.15) is 69.0 Å². The van der Waals surface area contributed by atoms with Crippen LogP contribution < -0.4 is 9.62 Å². The first-order valence-electron chi connectivity index (χ1n) is 13.8. The lowest BCUT2D eigenvalue weighted by molar-refractivity contribution is -0.138. The van der Waals surface area contributed by atoms with E-state index in [0.29, 0.717) is 66.6 Å². The maximum Gasteiger partial charge on any atom is 0.445 e. The number of alkyl halides is 3. The number of piperidine rings is 1. The molecule has 3 aromatic rings. The van der Waals surface area contributed by atoms with E-state index >= 15 is 0 Å². The molecule has 1 spiro atoms. The van der Waals surface area contributed by atoms with Gasteiger partial charge in [0, 0.05) is 36.2 Å². The Labute approximate surface area is 239 Å². The highest BCUT2D eigenvalue weighted by Crippen LogP contribution is 2.48. The fraction of sp³-hybridized carbons (Fsp3) is 0.654. The van der Waals surface area contributed by atoms with E-state index in [4.69, 9.17) is 9.72 Å². The number of halogens is 3. The molecule has 7 rings (SSSR count). The van der Waals surface area contributed by atoms with Crippen LogP contribution in [0.3, 0.4) is 0 Å². The number of nitrogens with one attached hydrogen (secondary N) is 1. The highest BCUT2D eigenvalue weighted by Gasteiger charge is 2.49. The molecule has 1 unspecified atom stereocenters. The predicted molar refractivity (Wildman–Crippen MR) is 144 cm³/mol. The Morgan fingerprint density at radius 1 is 1.17 bits per heavy atom. The Hall–Kier alpha value is -2.33. The van der Waals surface area contributed by atoms with Gasteiger partial charge in [-0.1, -0.05) is 11.3 Å². The third-order valence-corrected chi connectivity index (χ3v) is 11.6. The van der Waals surface area contributed by atoms with Gasteiger partial charge in [-0.25, -0.2) is 18.1 Å². The van der Waals surface area contributed by atoms with Crippen LogP contribution in [0.25, 0.3) is 16.3 Å². The van der Waals surface area contributed by atoms with Gasteiger partial charge in [0.05, 0.1) is 30.2 Å². The van der Waals surface area contributed by atoms with Crippen molar-refractivity contribution in [2.75, 3.05) is 24.6 Å². The fourth-order valence-corrected chi connectivity index (χ4v) is 8.31. The standard InChI is InChI=1S/C26H31F3N6O4S2/c1-14-20(36)25(13-39-14)7-9-34(10-8-25)17-11-16(41(37,38)33-24(2)5-6-24)12-35-19(18(15-3-4-15)30-21(17)35)22-31-32-23(40-22)26(27,28)29/h11-12,14-15,20,33,36H,3-10,13H2,1-2H3/t14-,20?/m0/s1. The van der Waals surface area contributed by atoms with Gasteiger partial charge in [0.2, 0.25) is 15.0 Å². The molecule has 2 N–H and O–H groups in total. The van der Waals surface area contributed by atoms with Crippen molar-refractivity contribution < 1.29 is 31.4 Å². The van der Waals surface area contributed by atoms with E-state index in [2.05, 4.69) is 19.8 Å². The number of imidazole rings is 1. The Bertz CT molecular complexity index is 1620. The third kappa shape index (κ3) is 4.73. The molecule has 4 fully saturated rings. The maximum absolute atomic E-state index is 13.6. The first-order valence-corrected chi connectivity index (χ1v) is 16.1. The molecule has 2 aliphatic carbocycles. The summed E-state index contributed by atoms with van der Waals surface area (Å²) in [6.45, 7) is 5.25. The number of hydrogen-bond donors (Lipinski definition) is 2. The van der Waals surface area contributed by atoms with Crippen molar-refractivity contribution in [2.24, 2.45) is 5.41 Å². The summed E-state index contributed by atoms with van der Waals surface area (Å²) in [6, 6.07) is 1.61. The Kier molecular flexibility index (Phi) is 6.09. The summed E-state index contributed by atoms with van der Waals surface area (Å²) < 4.78 is 77.7. The molecule has 2 aliphatic heterocycles. The van der Waals surface area contributed by atoms with Crippen molar-refractivity contribution in [2.45, 2.75) is 87.1 Å². The summed E-state index contributed by atoms with van der Waals surface area (Å²) in [5.41, 5.74) is 1.13. The van der Waals surface area contributed by atoms with Crippen molar-refractivity contribution in [1.29, 1.82) is 0 Å². The molecule has 2 atom stereocenters. The van der Waals surface area contributed by atoms with Gasteiger partial charge in [0.1, 0.15) is 10.6 Å². The van der Waals surface area contributed by atoms with Crippen molar-refractivity contribution in [3.05, 3.63) is 23.0 Å². The number of aliphatic hydroxyl groups excluding tert-OH is 1. The van der Waals surface area contributed by atoms with Gasteiger partial charge in [0.15, 0.2) is 10.7 Å². The van der Waals surface area contributed by atoms with Gasteiger partial charge in [-0.2, -0.15) is 13.2 Å². The maximum atomic E-state index is 13.6. The molecule has 3 aromatic heterocycles. The molecule has 0 radical (unpaired) electrons. The molecule has 2 saturated carbocycles. The van der Waals surface area contributed by atoms with Gasteiger partial charge in [-0.3, -0.25) is 4.40 Å². The normalized spacial score (nSPS) is 25.9. The van der Waals surface area contributed by atoms with Gasteiger partial charge in [-0.05, 0) is 58.4 Å². The smallest absolute Gasteiger partial charge is 0.390 e. The van der Waals surface area contributed by atoms with Crippen molar-refractivity contribution in [3.8, 4) is 10.7 Å². The monoisotopic (exact) mass is 612 g/mol. The minimum atomic E-state index is -4.64. The Balaban J connectivity index is 1.36. The molecular formula is C26H31F3N6O4S2. The molecule has 10 nitrogen and oxygen atoms in total. The molecule has 222 valence electrons. The summed E-state index contributed by atoms with van der Waals surface area (Å²) in [4.78, 5) is 6.98. The number of anilines is 1. The number of fused-ring (bicyclic) bond motifs is 1. The van der Waals surface area contributed by atoms with Crippen LogP contribution in [0.2, 0.25) is 0 Å². The van der Waals surface area contributed by atoms with Crippen molar-refractivity contribution >= 4 is 32.7 Å². The average molecular weight is 613 g/mol. The number of aromatic nitrogens is 4. The minimum absolute atomic E-state index is 0.00725. The van der Waals surface area contributed by atoms with Crippen LogP contribution >= 0.6 is 11.3 Å². The molecule has 0 aromatic carbocycles. The molecule has 2 saturated heterocycles. The summed E-state index contributed by atoms with van der Waals surface area (Å²) in [6.07, 6.45) is 0.387. The zero-order valence-corrected chi connectivity index (χ0v) is 24.2. The highest BCUT2D eigenvalue weighted by atomic mass is 32.2. The largest absolute Gasteiger partial charge is 0.445 e. The molecule has 0 bridgehead atoms. The molecule has 4 aliphatic rings. The molecule has 5 heterocycles. The summed E-state index contributed by atoms with van der Waals surface area (Å²) in [7, 11) is -3.96. The molecule has 41 heavy (non-hydrogen) atoms. The second-order valence-electron chi connectivity index (χ2n) is 12.3. The quantitative estimate of drug-likeness (QED) is 0.430. The number of sulfonamides is 1. The van der Waals surface area contributed by atoms with E-state index in [-0.39, 0.29) is 27.3 Å². The van der Waals surface area contributed by atoms with Gasteiger partial charge >= 0.3 is 6.18 Å². The van der Waals surface area contributed by atoms with Crippen LogP contribution in [0.5, 0.6) is 0 Å². The van der Waals surface area contributed by atoms with Gasteiger partial charge in [0.25, 0.3) is 0 Å². The van der Waals surface area contributed by atoms with Crippen LogP contribution in [-0.2, 0) is 20.9 Å². The van der Waals surface area contributed by atoms with Gasteiger partial charge in [-0.15, -0.1) is 10.2 Å². The molecule has 0 amide bonds. The molecular weight excluding hydrogens is 581 g/mol. The fourth-order valence-electron chi connectivity index (χ4n) is 6.07. The highest BCUT2D eigenvalue weighted by molar-refractivity contribution is 7.89. The van der Waals surface area contributed by atoms with Gasteiger partial charge < -0.3 is 14.7 Å². The van der Waals surface area contributed by atoms with Crippen LogP contribution in [0, 0.1) is 5.41 Å². The third-order valence-electron chi connectivity index (χ3n) is 9.03. The Morgan fingerprint density at radius 2 is 1.88 bits per heavy atom. The number of hydrogen-bond acceptors (Lipinski definition) is 9. The van der Waals surface area contributed by atoms with E-state index in [0.717, 1.165) is 25.7 Å². The summed E-state index contributed by atoms with van der Waals surface area (Å²) in [5, 5.41) is 17.1. The SMILES string of the molecule is C[C@@H]1OCC2(CCN(c3cc(S(=O)(=O)NC4(C)CC4)cn4c(-c5nnc(C(F)(F)F)s5)c(C5CC5)nc34)CC2)C1O. The summed E-state index contributed by atoms with van der Waals surface area (Å²) >= 11 is 0.431. The zero-order valence-electron chi connectivity index (χ0n) is 22.6. The number of pyridine rings is 1. The average Bonchev–Trinajstić information content (AvgIpc) is 3.76. The topological polar surface area (TPSA) is 122 Å². The second kappa shape index (κ2) is 9.09. The zero-order chi connectivity index (χ0) is 28.9. The molecule has 15 heteroatoms. The predicted octanol–water partition coefficient (Wildman–Crippen LogP) is 3.95. The van der Waals surface area contributed by atoms with E-state index in [1.54, 1.807) is 10.5 Å². The number of rotatable bonds is 6. The van der Waals surface area contributed by atoms with E-state index < -0.39 is 32.9 Å². The van der Waals surface area contributed by atoms with Crippen molar-refractivity contribution in [3.63, 3.8) is 0 Å². The summed E-state index contributed by atoms with van der Waals surface area (Å²) in [5.74, 6) is 0.0523. The van der Waals surface area contributed by atoms with Crippen LogP contribution in [-0.4, -0.2) is 70.5 Å². The lowest BCUT2D eigenvalue weighted by Crippen LogP contribution is -2.47. The first-order chi connectivity index (χ1) is 19.3. The first kappa shape index (κ1) is 27.5. The van der Waals surface area contributed by atoms with Crippen LogP contribution in [0.4, 0.5) is 18.9 Å². The number of aliphatic hydroxyl groups is 1. The lowest BCUT2D eigenvalue weighted by Gasteiger charge is -2.41. The second-order valence-corrected chi connectivity index (χ2v) is 14.9. The van der Waals surface area contributed by atoms with E-state index in [1.165, 1.54) is 6.20 Å². The van der Waals surface area contributed by atoms with Crippen LogP contribution in [0.15, 0.2) is 17.2 Å². The number of nitrogens with zero attached hydrogens (tertiary/aromatic N) is 5. The minimum Gasteiger partial charge on any atom is -0.390 e. The number of ether oxygens (including phenoxy) is 1. The van der Waals surface area contributed by atoms with Crippen molar-refractivity contribution in [1.82, 2.24) is 24.3 Å². The van der Waals surface area contributed by atoms with E-state index in [1.807, 2.05) is 13.8 Å². The Morgan fingerprint density at radius 3 is 2.44 bits per heavy atom. The lowest BCUT2D eigenvalue weighted by atomic mass is 9.74. The van der Waals surface area contributed by atoms with E-state index in [9.17, 15) is 26.7 Å².